The summed E-state index contributed by atoms with van der Waals surface area (Å²) in [5.41, 5.74) is 6.21. The summed E-state index contributed by atoms with van der Waals surface area (Å²) in [7, 11) is 6.79. The highest BCUT2D eigenvalue weighted by atomic mass is 16.5. The Balaban J connectivity index is 1.72. The second kappa shape index (κ2) is 8.02. The molecule has 5 rings (SSSR count). The van der Waals surface area contributed by atoms with Crippen molar-refractivity contribution in [3.8, 4) is 45.4 Å². The van der Waals surface area contributed by atoms with Crippen molar-refractivity contribution in [2.24, 2.45) is 14.1 Å². The highest BCUT2D eigenvalue weighted by Gasteiger charge is 2.18. The number of aryl methyl sites for hydroxylation is 2. The van der Waals surface area contributed by atoms with Gasteiger partial charge < -0.3 is 14.5 Å². The Kier molecular flexibility index (Phi) is 5.01. The molecule has 7 nitrogen and oxygen atoms in total. The van der Waals surface area contributed by atoms with Gasteiger partial charge in [-0.2, -0.15) is 0 Å². The highest BCUT2D eigenvalue weighted by molar-refractivity contribution is 5.87. The van der Waals surface area contributed by atoms with Crippen molar-refractivity contribution in [1.29, 1.82) is 0 Å². The standard InChI is InChI=1S/C26H24N4O3/c1-29-19-12-10-17(14-20(19)30(2)26(29)31)24-23(16-8-6-5-7-9-16)27-25(28-24)18-11-13-21(32-3)22(15-18)33-4/h5-15H,1-4H3,(H,27,28). The maximum Gasteiger partial charge on any atom is 0.328 e. The number of benzene rings is 3. The Bertz CT molecular complexity index is 1530. The lowest BCUT2D eigenvalue weighted by Crippen LogP contribution is -2.19. The van der Waals surface area contributed by atoms with Gasteiger partial charge in [-0.15, -0.1) is 0 Å². The minimum absolute atomic E-state index is 0.0570. The Morgan fingerprint density at radius 2 is 1.45 bits per heavy atom. The first kappa shape index (κ1) is 20.6. The average molecular weight is 441 g/mol. The van der Waals surface area contributed by atoms with E-state index in [2.05, 4.69) is 4.98 Å². The Morgan fingerprint density at radius 1 is 0.758 bits per heavy atom. The number of ether oxygens (including phenoxy) is 2. The van der Waals surface area contributed by atoms with Crippen LogP contribution in [0, 0.1) is 0 Å². The zero-order chi connectivity index (χ0) is 23.1. The monoisotopic (exact) mass is 440 g/mol. The van der Waals surface area contributed by atoms with E-state index in [-0.39, 0.29) is 5.69 Å². The number of nitrogens with zero attached hydrogens (tertiary/aromatic N) is 3. The number of nitrogens with one attached hydrogen (secondary N) is 1. The van der Waals surface area contributed by atoms with E-state index in [1.165, 1.54) is 0 Å². The fraction of sp³-hybridized carbons (Fsp3) is 0.154. The maximum absolute atomic E-state index is 12.4. The zero-order valence-electron chi connectivity index (χ0n) is 18.9. The SMILES string of the molecule is COc1ccc(-c2nc(-c3ccc4c(c3)n(C)c(=O)n4C)c(-c3ccccc3)[nH]2)cc1OC. The van der Waals surface area contributed by atoms with E-state index in [0.717, 1.165) is 39.1 Å². The van der Waals surface area contributed by atoms with E-state index in [9.17, 15) is 4.79 Å². The van der Waals surface area contributed by atoms with Crippen molar-refractivity contribution < 1.29 is 9.47 Å². The third-order valence-corrected chi connectivity index (χ3v) is 5.97. The number of fused-ring (bicyclic) bond motifs is 1. The molecule has 0 radical (unpaired) electrons. The molecule has 0 amide bonds. The van der Waals surface area contributed by atoms with Crippen LogP contribution < -0.4 is 15.2 Å². The smallest absolute Gasteiger partial charge is 0.328 e. The van der Waals surface area contributed by atoms with Crippen LogP contribution >= 0.6 is 0 Å². The third-order valence-electron chi connectivity index (χ3n) is 5.97. The molecule has 166 valence electrons. The molecule has 5 aromatic rings. The topological polar surface area (TPSA) is 74.1 Å². The summed E-state index contributed by atoms with van der Waals surface area (Å²) in [6, 6.07) is 21.8. The summed E-state index contributed by atoms with van der Waals surface area (Å²) in [5, 5.41) is 0. The van der Waals surface area contributed by atoms with Gasteiger partial charge in [-0.1, -0.05) is 36.4 Å². The highest BCUT2D eigenvalue weighted by Crippen LogP contribution is 2.36. The van der Waals surface area contributed by atoms with Crippen molar-refractivity contribution >= 4 is 11.0 Å². The molecule has 0 spiro atoms. The number of aromatic nitrogens is 4. The van der Waals surface area contributed by atoms with E-state index < -0.39 is 0 Å². The lowest BCUT2D eigenvalue weighted by atomic mass is 10.0. The molecule has 2 heterocycles. The van der Waals surface area contributed by atoms with E-state index >= 15 is 0 Å². The number of rotatable bonds is 5. The van der Waals surface area contributed by atoms with Crippen molar-refractivity contribution in [2.75, 3.05) is 14.2 Å². The first-order chi connectivity index (χ1) is 16.0. The van der Waals surface area contributed by atoms with Gasteiger partial charge in [0.15, 0.2) is 11.5 Å². The summed E-state index contributed by atoms with van der Waals surface area (Å²) in [5.74, 6) is 2.01. The van der Waals surface area contributed by atoms with Crippen molar-refractivity contribution in [3.05, 3.63) is 77.2 Å². The number of hydrogen-bond acceptors (Lipinski definition) is 4. The number of hydrogen-bond donors (Lipinski definition) is 1. The predicted octanol–water partition coefficient (Wildman–Crippen LogP) is 4.62. The van der Waals surface area contributed by atoms with Crippen LogP contribution in [0.4, 0.5) is 0 Å². The molecule has 0 aliphatic carbocycles. The minimum Gasteiger partial charge on any atom is -0.493 e. The molecule has 0 unspecified atom stereocenters. The zero-order valence-corrected chi connectivity index (χ0v) is 18.9. The van der Waals surface area contributed by atoms with Gasteiger partial charge >= 0.3 is 5.69 Å². The van der Waals surface area contributed by atoms with Gasteiger partial charge in [0.05, 0.1) is 36.6 Å². The first-order valence-electron chi connectivity index (χ1n) is 10.6. The van der Waals surface area contributed by atoms with Gasteiger partial charge in [-0.05, 0) is 30.3 Å². The molecule has 0 aliphatic rings. The van der Waals surface area contributed by atoms with E-state index in [0.29, 0.717) is 17.3 Å². The summed E-state index contributed by atoms with van der Waals surface area (Å²) in [4.78, 5) is 20.9. The Morgan fingerprint density at radius 3 is 2.18 bits per heavy atom. The number of imidazole rings is 2. The molecule has 0 aliphatic heterocycles. The predicted molar refractivity (Wildman–Crippen MR) is 130 cm³/mol. The molecular weight excluding hydrogens is 416 g/mol. The van der Waals surface area contributed by atoms with Crippen LogP contribution in [-0.4, -0.2) is 33.3 Å². The molecule has 0 bridgehead atoms. The molecule has 0 saturated carbocycles. The quantitative estimate of drug-likeness (QED) is 0.433. The summed E-state index contributed by atoms with van der Waals surface area (Å²) in [6.07, 6.45) is 0. The number of H-pyrrole nitrogens is 1. The van der Waals surface area contributed by atoms with Gasteiger partial charge in [0.1, 0.15) is 5.82 Å². The van der Waals surface area contributed by atoms with Gasteiger partial charge in [0.2, 0.25) is 0 Å². The second-order valence-corrected chi connectivity index (χ2v) is 7.85. The van der Waals surface area contributed by atoms with E-state index in [1.807, 2.05) is 66.7 Å². The summed E-state index contributed by atoms with van der Waals surface area (Å²) in [6.45, 7) is 0. The normalized spacial score (nSPS) is 11.2. The van der Waals surface area contributed by atoms with Crippen LogP contribution in [-0.2, 0) is 14.1 Å². The van der Waals surface area contributed by atoms with Crippen LogP contribution in [0.3, 0.4) is 0 Å². The molecule has 0 fully saturated rings. The molecule has 1 N–H and O–H groups in total. The van der Waals surface area contributed by atoms with Crippen LogP contribution in [0.1, 0.15) is 0 Å². The molecule has 7 heteroatoms. The number of aromatic amines is 1. The fourth-order valence-electron chi connectivity index (χ4n) is 4.17. The van der Waals surface area contributed by atoms with E-state index in [1.54, 1.807) is 37.4 Å². The molecular formula is C26H24N4O3. The molecule has 3 aromatic carbocycles. The molecule has 2 aromatic heterocycles. The van der Waals surface area contributed by atoms with Crippen LogP contribution in [0.2, 0.25) is 0 Å². The minimum atomic E-state index is -0.0570. The second-order valence-electron chi connectivity index (χ2n) is 7.85. The van der Waals surface area contributed by atoms with Crippen molar-refractivity contribution in [1.82, 2.24) is 19.1 Å². The first-order valence-corrected chi connectivity index (χ1v) is 10.6. The van der Waals surface area contributed by atoms with Crippen molar-refractivity contribution in [3.63, 3.8) is 0 Å². The summed E-state index contributed by atoms with van der Waals surface area (Å²) < 4.78 is 14.2. The van der Waals surface area contributed by atoms with Crippen LogP contribution in [0.5, 0.6) is 11.5 Å². The van der Waals surface area contributed by atoms with Gasteiger partial charge in [0, 0.05) is 30.8 Å². The lowest BCUT2D eigenvalue weighted by Gasteiger charge is -2.08. The Hall–Kier alpha value is -4.26. The largest absolute Gasteiger partial charge is 0.493 e. The maximum atomic E-state index is 12.4. The number of methoxy groups -OCH3 is 2. The third kappa shape index (κ3) is 3.38. The van der Waals surface area contributed by atoms with Gasteiger partial charge in [0.25, 0.3) is 0 Å². The van der Waals surface area contributed by atoms with Crippen LogP contribution in [0.25, 0.3) is 44.9 Å². The molecule has 0 atom stereocenters. The Labute approximate surface area is 190 Å². The molecule has 33 heavy (non-hydrogen) atoms. The van der Waals surface area contributed by atoms with Gasteiger partial charge in [-0.25, -0.2) is 9.78 Å². The van der Waals surface area contributed by atoms with Crippen molar-refractivity contribution in [2.45, 2.75) is 0 Å². The van der Waals surface area contributed by atoms with Gasteiger partial charge in [-0.3, -0.25) is 9.13 Å². The summed E-state index contributed by atoms with van der Waals surface area (Å²) >= 11 is 0. The lowest BCUT2D eigenvalue weighted by molar-refractivity contribution is 0.355. The van der Waals surface area contributed by atoms with E-state index in [4.69, 9.17) is 14.5 Å². The average Bonchev–Trinajstić information content (AvgIpc) is 3.40. The fourth-order valence-corrected chi connectivity index (χ4v) is 4.17. The van der Waals surface area contributed by atoms with Crippen LogP contribution in [0.15, 0.2) is 71.5 Å². The molecule has 0 saturated heterocycles.